The molecule has 3 heterocycles. The Bertz CT molecular complexity index is 1470. The summed E-state index contributed by atoms with van der Waals surface area (Å²) in [6.45, 7) is 6.17. The van der Waals surface area contributed by atoms with Gasteiger partial charge in [-0.3, -0.25) is 9.69 Å². The Morgan fingerprint density at radius 3 is 2.65 bits per heavy atom. The van der Waals surface area contributed by atoms with Gasteiger partial charge in [-0.2, -0.15) is 4.68 Å². The molecule has 2 aromatic carbocycles. The van der Waals surface area contributed by atoms with Crippen molar-refractivity contribution in [2.24, 2.45) is 0 Å². The molecule has 40 heavy (non-hydrogen) atoms. The maximum absolute atomic E-state index is 13.3. The Balaban J connectivity index is 1.32. The fraction of sp³-hybridized carbons (Fsp3) is 0.321. The molecule has 208 valence electrons. The average Bonchev–Trinajstić information content (AvgIpc) is 3.57. The molecular weight excluding hydrogens is 548 g/mol. The van der Waals surface area contributed by atoms with Crippen LogP contribution in [-0.2, 0) is 29.0 Å². The first kappa shape index (κ1) is 27.8. The summed E-state index contributed by atoms with van der Waals surface area (Å²) >= 11 is 2.68. The minimum atomic E-state index is -0.535. The Hall–Kier alpha value is -3.74. The monoisotopic (exact) mass is 578 g/mol. The van der Waals surface area contributed by atoms with Crippen molar-refractivity contribution in [2.75, 3.05) is 25.6 Å². The molecule has 0 aliphatic carbocycles. The van der Waals surface area contributed by atoms with E-state index in [0.717, 1.165) is 35.0 Å². The molecule has 1 N–H and O–H groups in total. The lowest BCUT2D eigenvalue weighted by molar-refractivity contribution is -0.115. The number of hydrogen-bond acceptors (Lipinski definition) is 10. The molecule has 0 saturated carbocycles. The normalized spacial score (nSPS) is 13.9. The van der Waals surface area contributed by atoms with Crippen molar-refractivity contribution in [1.29, 1.82) is 0 Å². The second-order valence-electron chi connectivity index (χ2n) is 9.20. The molecule has 1 atom stereocenters. The number of ether oxygens (including phenoxy) is 2. The third kappa shape index (κ3) is 6.19. The van der Waals surface area contributed by atoms with Crippen LogP contribution in [-0.4, -0.2) is 62.5 Å². The van der Waals surface area contributed by atoms with Crippen LogP contribution in [0.25, 0.3) is 5.69 Å². The topological polar surface area (TPSA) is 111 Å². The number of carbonyl (C=O) groups is 2. The molecule has 1 aliphatic rings. The van der Waals surface area contributed by atoms with Gasteiger partial charge in [-0.1, -0.05) is 42.1 Å². The SMILES string of the molecule is CCOC(=O)c1c(NC(=O)C(C)Sc2nnnn2-c2ccc(OC)cc2)sc2c1CCN(Cc1ccccc1)C2. The summed E-state index contributed by atoms with van der Waals surface area (Å²) in [4.78, 5) is 29.8. The van der Waals surface area contributed by atoms with Crippen LogP contribution in [0.1, 0.15) is 40.2 Å². The van der Waals surface area contributed by atoms with E-state index in [1.54, 1.807) is 25.6 Å². The van der Waals surface area contributed by atoms with E-state index in [2.05, 4.69) is 37.9 Å². The Morgan fingerprint density at radius 1 is 1.15 bits per heavy atom. The van der Waals surface area contributed by atoms with E-state index in [-0.39, 0.29) is 12.5 Å². The van der Waals surface area contributed by atoms with E-state index in [9.17, 15) is 9.59 Å². The quantitative estimate of drug-likeness (QED) is 0.213. The van der Waals surface area contributed by atoms with Gasteiger partial charge in [0.25, 0.3) is 0 Å². The molecule has 5 rings (SSSR count). The number of fused-ring (bicyclic) bond motifs is 1. The molecule has 0 radical (unpaired) electrons. The van der Waals surface area contributed by atoms with Gasteiger partial charge in [-0.05, 0) is 66.1 Å². The van der Waals surface area contributed by atoms with Crippen LogP contribution in [0.5, 0.6) is 5.75 Å². The van der Waals surface area contributed by atoms with Crippen LogP contribution in [0, 0.1) is 0 Å². The zero-order valence-corrected chi connectivity index (χ0v) is 24.1. The zero-order chi connectivity index (χ0) is 28.1. The summed E-state index contributed by atoms with van der Waals surface area (Å²) in [6.07, 6.45) is 0.712. The molecule has 0 fully saturated rings. The lowest BCUT2D eigenvalue weighted by Gasteiger charge is -2.27. The lowest BCUT2D eigenvalue weighted by atomic mass is 10.0. The molecule has 12 heteroatoms. The van der Waals surface area contributed by atoms with Gasteiger partial charge in [-0.25, -0.2) is 4.79 Å². The van der Waals surface area contributed by atoms with Gasteiger partial charge in [0, 0.05) is 24.5 Å². The third-order valence-corrected chi connectivity index (χ3v) is 8.68. The number of aromatic nitrogens is 4. The number of tetrazole rings is 1. The summed E-state index contributed by atoms with van der Waals surface area (Å²) < 4.78 is 12.2. The first-order valence-corrected chi connectivity index (χ1v) is 14.6. The van der Waals surface area contributed by atoms with Crippen molar-refractivity contribution >= 4 is 40.0 Å². The second kappa shape index (κ2) is 12.6. The van der Waals surface area contributed by atoms with Crippen LogP contribution < -0.4 is 10.1 Å². The van der Waals surface area contributed by atoms with Crippen molar-refractivity contribution in [3.63, 3.8) is 0 Å². The van der Waals surface area contributed by atoms with Gasteiger partial charge in [0.15, 0.2) is 0 Å². The number of benzene rings is 2. The standard InChI is InChI=1S/C28H30N6O4S2/c1-4-38-27(36)24-22-14-15-33(16-19-8-6-5-7-9-19)17-23(22)40-26(24)29-25(35)18(2)39-28-30-31-32-34(28)20-10-12-21(37-3)13-11-20/h5-13,18H,4,14-17H2,1-3H3,(H,29,35). The number of anilines is 1. The van der Waals surface area contributed by atoms with Crippen molar-refractivity contribution in [1.82, 2.24) is 25.1 Å². The highest BCUT2D eigenvalue weighted by atomic mass is 32.2. The van der Waals surface area contributed by atoms with E-state index < -0.39 is 11.2 Å². The van der Waals surface area contributed by atoms with Crippen LogP contribution in [0.3, 0.4) is 0 Å². The minimum absolute atomic E-state index is 0.250. The summed E-state index contributed by atoms with van der Waals surface area (Å²) in [5.74, 6) is 0.0631. The number of nitrogens with zero attached hydrogens (tertiary/aromatic N) is 5. The van der Waals surface area contributed by atoms with E-state index >= 15 is 0 Å². The smallest absolute Gasteiger partial charge is 0.341 e. The van der Waals surface area contributed by atoms with Crippen LogP contribution in [0.2, 0.25) is 0 Å². The molecule has 4 aromatic rings. The molecular formula is C28H30N6O4S2. The number of thiophene rings is 1. The Morgan fingerprint density at radius 2 is 1.93 bits per heavy atom. The molecule has 0 spiro atoms. The number of thioether (sulfide) groups is 1. The van der Waals surface area contributed by atoms with Crippen molar-refractivity contribution in [3.8, 4) is 11.4 Å². The highest BCUT2D eigenvalue weighted by molar-refractivity contribution is 8.00. The predicted molar refractivity (Wildman–Crippen MR) is 154 cm³/mol. The minimum Gasteiger partial charge on any atom is -0.497 e. The Labute approximate surface area is 240 Å². The zero-order valence-electron chi connectivity index (χ0n) is 22.5. The first-order valence-electron chi connectivity index (χ1n) is 12.9. The van der Waals surface area contributed by atoms with Crippen LogP contribution in [0.4, 0.5) is 5.00 Å². The Kier molecular flexibility index (Phi) is 8.78. The maximum Gasteiger partial charge on any atom is 0.341 e. The van der Waals surface area contributed by atoms with Crippen molar-refractivity contribution < 1.29 is 19.1 Å². The number of rotatable bonds is 10. The van der Waals surface area contributed by atoms with Gasteiger partial charge < -0.3 is 14.8 Å². The van der Waals surface area contributed by atoms with Gasteiger partial charge in [-0.15, -0.1) is 16.4 Å². The number of hydrogen-bond donors (Lipinski definition) is 1. The molecule has 2 aromatic heterocycles. The van der Waals surface area contributed by atoms with Crippen LogP contribution in [0.15, 0.2) is 59.8 Å². The van der Waals surface area contributed by atoms with Crippen molar-refractivity contribution in [2.45, 2.75) is 43.8 Å². The number of methoxy groups -OCH3 is 1. The third-order valence-electron chi connectivity index (χ3n) is 6.51. The largest absolute Gasteiger partial charge is 0.497 e. The molecule has 0 bridgehead atoms. The summed E-state index contributed by atoms with van der Waals surface area (Å²) in [7, 11) is 1.60. The van der Waals surface area contributed by atoms with Gasteiger partial charge in [0.05, 0.1) is 30.2 Å². The fourth-order valence-corrected chi connectivity index (χ4v) is 6.59. The van der Waals surface area contributed by atoms with Gasteiger partial charge in [0.1, 0.15) is 10.8 Å². The summed E-state index contributed by atoms with van der Waals surface area (Å²) in [5.41, 5.74) is 3.42. The highest BCUT2D eigenvalue weighted by Gasteiger charge is 2.30. The molecule has 1 amide bonds. The molecule has 1 aliphatic heterocycles. The second-order valence-corrected chi connectivity index (χ2v) is 11.6. The predicted octanol–water partition coefficient (Wildman–Crippen LogP) is 4.59. The molecule has 0 saturated heterocycles. The van der Waals surface area contributed by atoms with E-state index in [1.165, 1.54) is 28.7 Å². The maximum atomic E-state index is 13.3. The van der Waals surface area contributed by atoms with Crippen LogP contribution >= 0.6 is 23.1 Å². The molecule has 1 unspecified atom stereocenters. The number of nitrogens with one attached hydrogen (secondary N) is 1. The van der Waals surface area contributed by atoms with E-state index in [0.29, 0.717) is 28.7 Å². The van der Waals surface area contributed by atoms with E-state index in [1.807, 2.05) is 42.5 Å². The number of amides is 1. The number of carbonyl (C=O) groups excluding carboxylic acids is 2. The molecule has 10 nitrogen and oxygen atoms in total. The lowest BCUT2D eigenvalue weighted by Crippen LogP contribution is -2.30. The number of esters is 1. The highest BCUT2D eigenvalue weighted by Crippen LogP contribution is 2.38. The summed E-state index contributed by atoms with van der Waals surface area (Å²) in [5, 5.41) is 15.4. The fourth-order valence-electron chi connectivity index (χ4n) is 4.50. The van der Waals surface area contributed by atoms with Gasteiger partial charge in [0.2, 0.25) is 11.1 Å². The van der Waals surface area contributed by atoms with Crippen molar-refractivity contribution in [3.05, 3.63) is 76.2 Å². The average molecular weight is 579 g/mol. The van der Waals surface area contributed by atoms with Gasteiger partial charge >= 0.3 is 5.97 Å². The van der Waals surface area contributed by atoms with E-state index in [4.69, 9.17) is 9.47 Å². The summed E-state index contributed by atoms with van der Waals surface area (Å²) in [6, 6.07) is 17.6. The first-order chi connectivity index (χ1) is 19.5.